The Kier molecular flexibility index (Phi) is 5.13. The monoisotopic (exact) mass is 329 g/mol. The molecule has 2 atom stereocenters. The van der Waals surface area contributed by atoms with E-state index in [2.05, 4.69) is 54.9 Å². The zero-order valence-electron chi connectivity index (χ0n) is 13.9. The second-order valence-electron chi connectivity index (χ2n) is 6.38. The Morgan fingerprint density at radius 1 is 1.35 bits per heavy atom. The number of hydrogen-bond acceptors (Lipinski definition) is 2. The Balaban J connectivity index is 1.48. The van der Waals surface area contributed by atoms with Crippen LogP contribution in [-0.4, -0.2) is 25.5 Å². The van der Waals surface area contributed by atoms with Crippen molar-refractivity contribution in [3.8, 4) is 0 Å². The van der Waals surface area contributed by atoms with Gasteiger partial charge in [-0.15, -0.1) is 11.3 Å². The van der Waals surface area contributed by atoms with Crippen LogP contribution in [0.4, 0.5) is 0 Å². The molecule has 1 aromatic heterocycles. The van der Waals surface area contributed by atoms with Crippen LogP contribution in [0, 0.1) is 6.92 Å². The topological polar surface area (TPSA) is 33.5 Å². The molecule has 2 N–H and O–H groups in total. The van der Waals surface area contributed by atoms with Crippen molar-refractivity contribution >= 4 is 17.2 Å². The van der Waals surface area contributed by atoms with Crippen LogP contribution in [0.15, 0.2) is 35.7 Å². The zero-order chi connectivity index (χ0) is 16.2. The smallest absolute Gasteiger partial charge is 0.275 e. The van der Waals surface area contributed by atoms with Gasteiger partial charge in [0.15, 0.2) is 6.54 Å². The van der Waals surface area contributed by atoms with Gasteiger partial charge < -0.3 is 10.2 Å². The van der Waals surface area contributed by atoms with Crippen LogP contribution in [0.25, 0.3) is 0 Å². The summed E-state index contributed by atoms with van der Waals surface area (Å²) in [5.41, 5.74) is 4.04. The number of nitrogens with one attached hydrogen (secondary N) is 2. The molecular weight excluding hydrogens is 304 g/mol. The lowest BCUT2D eigenvalue weighted by Gasteiger charge is -2.29. The molecule has 0 saturated heterocycles. The lowest BCUT2D eigenvalue weighted by Crippen LogP contribution is -3.14. The summed E-state index contributed by atoms with van der Waals surface area (Å²) in [6.07, 6.45) is 2.00. The molecule has 2 heterocycles. The van der Waals surface area contributed by atoms with Gasteiger partial charge in [0.2, 0.25) is 0 Å². The van der Waals surface area contributed by atoms with E-state index < -0.39 is 0 Å². The van der Waals surface area contributed by atoms with Gasteiger partial charge in [-0.05, 0) is 42.8 Å². The minimum absolute atomic E-state index is 0.166. The Morgan fingerprint density at radius 3 is 3.00 bits per heavy atom. The first-order valence-electron chi connectivity index (χ1n) is 8.37. The quantitative estimate of drug-likeness (QED) is 0.863. The van der Waals surface area contributed by atoms with Gasteiger partial charge in [-0.1, -0.05) is 24.3 Å². The lowest BCUT2D eigenvalue weighted by atomic mass is 10.0. The number of carbonyl (C=O) groups is 1. The van der Waals surface area contributed by atoms with Gasteiger partial charge in [0, 0.05) is 23.4 Å². The molecule has 0 bridgehead atoms. The third kappa shape index (κ3) is 3.82. The Morgan fingerprint density at radius 2 is 2.17 bits per heavy atom. The molecule has 3 rings (SSSR count). The number of fused-ring (bicyclic) bond motifs is 1. The molecule has 0 aliphatic carbocycles. The number of aryl methyl sites for hydroxylation is 1. The van der Waals surface area contributed by atoms with Gasteiger partial charge >= 0.3 is 0 Å². The van der Waals surface area contributed by atoms with E-state index >= 15 is 0 Å². The highest BCUT2D eigenvalue weighted by Crippen LogP contribution is 2.24. The van der Waals surface area contributed by atoms with Gasteiger partial charge in [0.25, 0.3) is 5.91 Å². The SMILES string of the molecule is Cc1ccccc1CCNC(=O)C[NH+]1CCc2sccc2[C@H]1C. The molecule has 1 aromatic carbocycles. The minimum atomic E-state index is 0.166. The zero-order valence-corrected chi connectivity index (χ0v) is 14.7. The lowest BCUT2D eigenvalue weighted by molar-refractivity contribution is -0.924. The normalized spacial score (nSPS) is 20.1. The number of rotatable bonds is 5. The second kappa shape index (κ2) is 7.28. The van der Waals surface area contributed by atoms with Crippen molar-refractivity contribution in [2.45, 2.75) is 32.7 Å². The van der Waals surface area contributed by atoms with E-state index in [1.165, 1.54) is 26.5 Å². The van der Waals surface area contributed by atoms with Crippen LogP contribution in [0.5, 0.6) is 0 Å². The van der Waals surface area contributed by atoms with Crippen LogP contribution in [0.1, 0.15) is 34.5 Å². The van der Waals surface area contributed by atoms with Crippen LogP contribution in [0.2, 0.25) is 0 Å². The van der Waals surface area contributed by atoms with Crippen LogP contribution >= 0.6 is 11.3 Å². The van der Waals surface area contributed by atoms with E-state index in [0.717, 1.165) is 25.9 Å². The number of amides is 1. The maximum absolute atomic E-state index is 12.3. The van der Waals surface area contributed by atoms with Crippen molar-refractivity contribution in [2.24, 2.45) is 0 Å². The third-order valence-corrected chi connectivity index (χ3v) is 5.89. The molecule has 0 fully saturated rings. The molecule has 1 aliphatic rings. The second-order valence-corrected chi connectivity index (χ2v) is 7.38. The van der Waals surface area contributed by atoms with Crippen LogP contribution in [0.3, 0.4) is 0 Å². The standard InChI is InChI=1S/C19H24N2OS/c1-14-5-3-4-6-16(14)7-10-20-19(22)13-21-11-8-18-17(15(21)2)9-12-23-18/h3-6,9,12,15H,7-8,10-11,13H2,1-2H3,(H,20,22)/p+1/t15-/m1/s1. The molecule has 1 aliphatic heterocycles. The number of carbonyl (C=O) groups excluding carboxylic acids is 1. The molecular formula is C19H25N2OS+. The van der Waals surface area contributed by atoms with Gasteiger partial charge in [-0.3, -0.25) is 4.79 Å². The van der Waals surface area contributed by atoms with Crippen molar-refractivity contribution in [3.63, 3.8) is 0 Å². The maximum atomic E-state index is 12.3. The van der Waals surface area contributed by atoms with Gasteiger partial charge in [-0.2, -0.15) is 0 Å². The average molecular weight is 329 g/mol. The average Bonchev–Trinajstić information content (AvgIpc) is 3.01. The number of hydrogen-bond donors (Lipinski definition) is 2. The number of thiophene rings is 1. The minimum Gasteiger partial charge on any atom is -0.351 e. The van der Waals surface area contributed by atoms with E-state index in [4.69, 9.17) is 0 Å². The summed E-state index contributed by atoms with van der Waals surface area (Å²) in [4.78, 5) is 15.1. The Hall–Kier alpha value is -1.65. The molecule has 0 radical (unpaired) electrons. The summed E-state index contributed by atoms with van der Waals surface area (Å²) in [5.74, 6) is 0.166. The Labute approximate surface area is 142 Å². The third-order valence-electron chi connectivity index (χ3n) is 4.90. The number of quaternary nitrogens is 1. The molecule has 2 aromatic rings. The molecule has 122 valence electrons. The van der Waals surface area contributed by atoms with Crippen molar-refractivity contribution in [3.05, 3.63) is 57.3 Å². The fourth-order valence-corrected chi connectivity index (χ4v) is 4.37. The Bertz CT molecular complexity index is 680. The van der Waals surface area contributed by atoms with Crippen LogP contribution < -0.4 is 10.2 Å². The van der Waals surface area contributed by atoms with E-state index in [1.807, 2.05) is 11.3 Å². The predicted molar refractivity (Wildman–Crippen MR) is 95.0 cm³/mol. The highest BCUT2D eigenvalue weighted by Gasteiger charge is 2.29. The molecule has 4 heteroatoms. The van der Waals surface area contributed by atoms with Gasteiger partial charge in [0.1, 0.15) is 6.04 Å². The van der Waals surface area contributed by atoms with E-state index in [9.17, 15) is 4.79 Å². The molecule has 1 unspecified atom stereocenters. The first kappa shape index (κ1) is 16.2. The fourth-order valence-electron chi connectivity index (χ4n) is 3.39. The van der Waals surface area contributed by atoms with E-state index in [1.54, 1.807) is 0 Å². The summed E-state index contributed by atoms with van der Waals surface area (Å²) < 4.78 is 0. The molecule has 23 heavy (non-hydrogen) atoms. The first-order valence-corrected chi connectivity index (χ1v) is 9.25. The largest absolute Gasteiger partial charge is 0.351 e. The van der Waals surface area contributed by atoms with Crippen molar-refractivity contribution in [1.82, 2.24) is 5.32 Å². The molecule has 3 nitrogen and oxygen atoms in total. The highest BCUT2D eigenvalue weighted by atomic mass is 32.1. The molecule has 1 amide bonds. The van der Waals surface area contributed by atoms with Gasteiger partial charge in [-0.25, -0.2) is 0 Å². The van der Waals surface area contributed by atoms with E-state index in [-0.39, 0.29) is 5.91 Å². The van der Waals surface area contributed by atoms with Crippen LogP contribution in [-0.2, 0) is 17.6 Å². The summed E-state index contributed by atoms with van der Waals surface area (Å²) >= 11 is 1.85. The van der Waals surface area contributed by atoms with E-state index in [0.29, 0.717) is 12.6 Å². The van der Waals surface area contributed by atoms with Crippen molar-refractivity contribution in [2.75, 3.05) is 19.6 Å². The van der Waals surface area contributed by atoms with Gasteiger partial charge in [0.05, 0.1) is 6.54 Å². The summed E-state index contributed by atoms with van der Waals surface area (Å²) in [6, 6.07) is 11.0. The summed E-state index contributed by atoms with van der Waals surface area (Å²) in [7, 11) is 0. The predicted octanol–water partition coefficient (Wildman–Crippen LogP) is 1.92. The summed E-state index contributed by atoms with van der Waals surface area (Å²) in [5, 5.41) is 5.26. The fraction of sp³-hybridized carbons (Fsp3) is 0.421. The first-order chi connectivity index (χ1) is 11.1. The summed E-state index contributed by atoms with van der Waals surface area (Å²) in [6.45, 7) is 6.70. The maximum Gasteiger partial charge on any atom is 0.275 e. The highest BCUT2D eigenvalue weighted by molar-refractivity contribution is 7.10. The van der Waals surface area contributed by atoms with Crippen molar-refractivity contribution in [1.29, 1.82) is 0 Å². The molecule has 0 spiro atoms. The number of benzene rings is 1. The molecule has 0 saturated carbocycles. The van der Waals surface area contributed by atoms with Crippen molar-refractivity contribution < 1.29 is 9.69 Å².